The minimum atomic E-state index is -4.69. The predicted octanol–water partition coefficient (Wildman–Crippen LogP) is 4.07. The fraction of sp³-hybridized carbons (Fsp3) is 0.143. The summed E-state index contributed by atoms with van der Waals surface area (Å²) in [7, 11) is 0. The van der Waals surface area contributed by atoms with Crippen LogP contribution >= 0.6 is 0 Å². The fourth-order valence-electron chi connectivity index (χ4n) is 1.89. The summed E-state index contributed by atoms with van der Waals surface area (Å²) >= 11 is 0. The molecule has 0 spiro atoms. The summed E-state index contributed by atoms with van der Waals surface area (Å²) in [5.41, 5.74) is -2.15. The average molecular weight is 288 g/mol. The van der Waals surface area contributed by atoms with Crippen molar-refractivity contribution in [2.45, 2.75) is 12.3 Å². The molecule has 0 heterocycles. The molecule has 0 amide bonds. The maximum Gasteiger partial charge on any atom is 0.416 e. The summed E-state index contributed by atoms with van der Waals surface area (Å²) in [6.07, 6.45) is -6.59. The second-order valence-corrected chi connectivity index (χ2v) is 4.15. The molecule has 0 radical (unpaired) electrons. The third-order valence-electron chi connectivity index (χ3n) is 2.81. The minimum Gasteiger partial charge on any atom is -0.384 e. The highest BCUT2D eigenvalue weighted by atomic mass is 19.4. The Hall–Kier alpha value is -1.95. The van der Waals surface area contributed by atoms with Crippen molar-refractivity contribution >= 4 is 0 Å². The lowest BCUT2D eigenvalue weighted by atomic mass is 9.96. The lowest BCUT2D eigenvalue weighted by Gasteiger charge is -2.18. The van der Waals surface area contributed by atoms with Gasteiger partial charge in [-0.25, -0.2) is 8.78 Å². The molecule has 0 bridgehead atoms. The summed E-state index contributed by atoms with van der Waals surface area (Å²) in [4.78, 5) is 0. The summed E-state index contributed by atoms with van der Waals surface area (Å²) in [5, 5.41) is 9.93. The number of benzene rings is 2. The van der Waals surface area contributed by atoms with Gasteiger partial charge in [0.05, 0.1) is 5.56 Å². The SMILES string of the molecule is OC(c1cc(F)ccc1F)c1ccccc1C(F)(F)F. The number of aliphatic hydroxyl groups excluding tert-OH is 1. The van der Waals surface area contributed by atoms with Crippen molar-refractivity contribution in [1.29, 1.82) is 0 Å². The van der Waals surface area contributed by atoms with Gasteiger partial charge in [-0.05, 0) is 29.8 Å². The van der Waals surface area contributed by atoms with E-state index >= 15 is 0 Å². The largest absolute Gasteiger partial charge is 0.416 e. The third kappa shape index (κ3) is 2.80. The second-order valence-electron chi connectivity index (χ2n) is 4.15. The Morgan fingerprint density at radius 3 is 2.20 bits per heavy atom. The Bertz CT molecular complexity index is 621. The molecular weight excluding hydrogens is 279 g/mol. The standard InChI is InChI=1S/C14H9F5O/c15-8-5-6-12(16)10(7-8)13(20)9-3-1-2-4-11(9)14(17,18)19/h1-7,13,20H. The van der Waals surface area contributed by atoms with E-state index in [1.807, 2.05) is 0 Å². The lowest BCUT2D eigenvalue weighted by molar-refractivity contribution is -0.139. The van der Waals surface area contributed by atoms with E-state index in [0.717, 1.165) is 30.3 Å². The van der Waals surface area contributed by atoms with Gasteiger partial charge in [0.1, 0.15) is 17.7 Å². The van der Waals surface area contributed by atoms with Crippen LogP contribution in [0.4, 0.5) is 22.0 Å². The highest BCUT2D eigenvalue weighted by molar-refractivity contribution is 5.38. The van der Waals surface area contributed by atoms with Crippen LogP contribution in [0.25, 0.3) is 0 Å². The van der Waals surface area contributed by atoms with Gasteiger partial charge in [-0.2, -0.15) is 13.2 Å². The van der Waals surface area contributed by atoms with Gasteiger partial charge in [-0.1, -0.05) is 18.2 Å². The highest BCUT2D eigenvalue weighted by Gasteiger charge is 2.35. The summed E-state index contributed by atoms with van der Waals surface area (Å²) in [6, 6.07) is 6.48. The molecule has 1 atom stereocenters. The number of hydrogen-bond donors (Lipinski definition) is 1. The summed E-state index contributed by atoms with van der Waals surface area (Å²) < 4.78 is 65.1. The van der Waals surface area contributed by atoms with Gasteiger partial charge in [-0.3, -0.25) is 0 Å². The molecule has 0 aliphatic carbocycles. The molecule has 6 heteroatoms. The first-order valence-electron chi connectivity index (χ1n) is 5.60. The van der Waals surface area contributed by atoms with Gasteiger partial charge < -0.3 is 5.11 Å². The van der Waals surface area contributed by atoms with Gasteiger partial charge >= 0.3 is 6.18 Å². The molecule has 1 N–H and O–H groups in total. The Labute approximate surface area is 111 Å². The predicted molar refractivity (Wildman–Crippen MR) is 61.9 cm³/mol. The van der Waals surface area contributed by atoms with Crippen LogP contribution in [0.1, 0.15) is 22.8 Å². The fourth-order valence-corrected chi connectivity index (χ4v) is 1.89. The molecule has 1 unspecified atom stereocenters. The van der Waals surface area contributed by atoms with Gasteiger partial charge in [0.2, 0.25) is 0 Å². The maximum absolute atomic E-state index is 13.5. The van der Waals surface area contributed by atoms with Crippen LogP contribution in [-0.2, 0) is 6.18 Å². The van der Waals surface area contributed by atoms with Crippen LogP contribution < -0.4 is 0 Å². The zero-order valence-corrected chi connectivity index (χ0v) is 9.96. The van der Waals surface area contributed by atoms with E-state index in [2.05, 4.69) is 0 Å². The zero-order chi connectivity index (χ0) is 14.9. The van der Waals surface area contributed by atoms with Gasteiger partial charge in [0.15, 0.2) is 0 Å². The topological polar surface area (TPSA) is 20.2 Å². The number of rotatable bonds is 2. The summed E-state index contributed by atoms with van der Waals surface area (Å²) in [6.45, 7) is 0. The molecule has 2 aromatic rings. The van der Waals surface area contributed by atoms with Crippen LogP contribution in [0, 0.1) is 11.6 Å². The first-order chi connectivity index (χ1) is 9.30. The molecule has 0 aromatic heterocycles. The number of alkyl halides is 3. The van der Waals surface area contributed by atoms with Gasteiger partial charge in [0.25, 0.3) is 0 Å². The first-order valence-corrected chi connectivity index (χ1v) is 5.60. The first kappa shape index (κ1) is 14.5. The van der Waals surface area contributed by atoms with E-state index in [0.29, 0.717) is 6.07 Å². The van der Waals surface area contributed by atoms with Gasteiger partial charge in [0, 0.05) is 5.56 Å². The van der Waals surface area contributed by atoms with E-state index in [1.54, 1.807) is 0 Å². The monoisotopic (exact) mass is 288 g/mol. The van der Waals surface area contributed by atoms with Crippen LogP contribution in [0.5, 0.6) is 0 Å². The van der Waals surface area contributed by atoms with E-state index in [1.165, 1.54) is 6.07 Å². The van der Waals surface area contributed by atoms with Crippen molar-refractivity contribution in [2.75, 3.05) is 0 Å². The molecular formula is C14H9F5O. The third-order valence-corrected chi connectivity index (χ3v) is 2.81. The molecule has 2 rings (SSSR count). The van der Waals surface area contributed by atoms with Crippen LogP contribution in [0.2, 0.25) is 0 Å². The Balaban J connectivity index is 2.54. The quantitative estimate of drug-likeness (QED) is 0.826. The van der Waals surface area contributed by atoms with Crippen LogP contribution in [0.15, 0.2) is 42.5 Å². The maximum atomic E-state index is 13.5. The molecule has 0 aliphatic rings. The number of hydrogen-bond acceptors (Lipinski definition) is 1. The second kappa shape index (κ2) is 5.20. The van der Waals surface area contributed by atoms with Crippen molar-refractivity contribution in [3.63, 3.8) is 0 Å². The molecule has 1 nitrogen and oxygen atoms in total. The Morgan fingerprint density at radius 1 is 0.900 bits per heavy atom. The Kier molecular flexibility index (Phi) is 3.76. The molecule has 2 aromatic carbocycles. The van der Waals surface area contributed by atoms with E-state index < -0.39 is 40.6 Å². The van der Waals surface area contributed by atoms with Gasteiger partial charge in [-0.15, -0.1) is 0 Å². The van der Waals surface area contributed by atoms with Crippen molar-refractivity contribution < 1.29 is 27.1 Å². The normalized spacial score (nSPS) is 13.3. The van der Waals surface area contributed by atoms with Crippen molar-refractivity contribution in [3.05, 3.63) is 70.8 Å². The lowest BCUT2D eigenvalue weighted by Crippen LogP contribution is -2.13. The van der Waals surface area contributed by atoms with Crippen molar-refractivity contribution in [2.24, 2.45) is 0 Å². The van der Waals surface area contributed by atoms with E-state index in [9.17, 15) is 27.1 Å². The Morgan fingerprint density at radius 2 is 1.55 bits per heavy atom. The van der Waals surface area contributed by atoms with Crippen LogP contribution in [-0.4, -0.2) is 5.11 Å². The molecule has 20 heavy (non-hydrogen) atoms. The number of halogens is 5. The zero-order valence-electron chi connectivity index (χ0n) is 9.96. The van der Waals surface area contributed by atoms with Crippen molar-refractivity contribution in [1.82, 2.24) is 0 Å². The molecule has 106 valence electrons. The minimum absolute atomic E-state index is 0.524. The summed E-state index contributed by atoms with van der Waals surface area (Å²) in [5.74, 6) is -1.82. The average Bonchev–Trinajstić information content (AvgIpc) is 2.40. The van der Waals surface area contributed by atoms with E-state index in [-0.39, 0.29) is 0 Å². The number of aliphatic hydroxyl groups is 1. The molecule has 0 fully saturated rings. The smallest absolute Gasteiger partial charge is 0.384 e. The highest BCUT2D eigenvalue weighted by Crippen LogP contribution is 2.37. The van der Waals surface area contributed by atoms with Crippen LogP contribution in [0.3, 0.4) is 0 Å². The van der Waals surface area contributed by atoms with Crippen molar-refractivity contribution in [3.8, 4) is 0 Å². The van der Waals surface area contributed by atoms with E-state index in [4.69, 9.17) is 0 Å². The molecule has 0 saturated carbocycles. The molecule has 0 saturated heterocycles. The molecule has 0 aliphatic heterocycles.